The molecule has 2 rings (SSSR count). The lowest BCUT2D eigenvalue weighted by Crippen LogP contribution is -2.45. The summed E-state index contributed by atoms with van der Waals surface area (Å²) in [6.45, 7) is 7.77. The van der Waals surface area contributed by atoms with Crippen molar-refractivity contribution in [2.24, 2.45) is 0 Å². The minimum absolute atomic E-state index is 0.406. The van der Waals surface area contributed by atoms with E-state index in [1.54, 1.807) is 0 Å². The first-order valence-corrected chi connectivity index (χ1v) is 6.47. The summed E-state index contributed by atoms with van der Waals surface area (Å²) in [4.78, 5) is -1.00. The van der Waals surface area contributed by atoms with Crippen molar-refractivity contribution in [2.45, 2.75) is 48.5 Å². The highest BCUT2D eigenvalue weighted by molar-refractivity contribution is 7.89. The van der Waals surface area contributed by atoms with Gasteiger partial charge >= 0.3 is 0 Å². The zero-order valence-electron chi connectivity index (χ0n) is 9.35. The Balaban J connectivity index is 2.77. The molecule has 2 heterocycles. The molecule has 15 heavy (non-hydrogen) atoms. The summed E-state index contributed by atoms with van der Waals surface area (Å²) in [5.41, 5.74) is 2.18. The van der Waals surface area contributed by atoms with Crippen LogP contribution in [-0.2, 0) is 10.8 Å². The highest BCUT2D eigenvalue weighted by Gasteiger charge is 2.71. The Labute approximate surface area is 97.8 Å². The molecule has 0 aliphatic carbocycles. The molecule has 0 saturated carbocycles. The third-order valence-corrected chi connectivity index (χ3v) is 7.74. The van der Waals surface area contributed by atoms with Gasteiger partial charge in [0.25, 0.3) is 0 Å². The Bertz CT molecular complexity index is 452. The zero-order chi connectivity index (χ0) is 11.6. The summed E-state index contributed by atoms with van der Waals surface area (Å²) in [6, 6.07) is 2.16. The molecule has 0 spiro atoms. The fourth-order valence-electron chi connectivity index (χ4n) is 2.91. The fourth-order valence-corrected chi connectivity index (χ4v) is 6.13. The Hall–Kier alpha value is -0.330. The lowest BCUT2D eigenvalue weighted by atomic mass is 9.72. The van der Waals surface area contributed by atoms with Crippen LogP contribution in [0, 0.1) is 11.3 Å². The van der Waals surface area contributed by atoms with Crippen molar-refractivity contribution >= 4 is 22.4 Å². The summed E-state index contributed by atoms with van der Waals surface area (Å²) in [6.07, 6.45) is 0.490. The van der Waals surface area contributed by atoms with E-state index in [1.165, 1.54) is 0 Å². The van der Waals surface area contributed by atoms with Crippen molar-refractivity contribution in [3.05, 3.63) is 11.1 Å². The van der Waals surface area contributed by atoms with Crippen LogP contribution >= 0.6 is 11.6 Å². The van der Waals surface area contributed by atoms with Gasteiger partial charge in [0.15, 0.2) is 4.87 Å². The number of hydrogen-bond acceptors (Lipinski definition) is 2. The monoisotopic (exact) mass is 243 g/mol. The highest BCUT2D eigenvalue weighted by atomic mass is 35.5. The van der Waals surface area contributed by atoms with Gasteiger partial charge in [0.2, 0.25) is 0 Å². The molecule has 0 aromatic rings. The van der Waals surface area contributed by atoms with E-state index < -0.39 is 25.2 Å². The predicted molar refractivity (Wildman–Crippen MR) is 62.1 cm³/mol. The van der Waals surface area contributed by atoms with E-state index in [9.17, 15) is 9.47 Å². The van der Waals surface area contributed by atoms with E-state index in [0.29, 0.717) is 6.42 Å². The Morgan fingerprint density at radius 3 is 2.27 bits per heavy atom. The Morgan fingerprint density at radius 1 is 1.40 bits per heavy atom. The second kappa shape index (κ2) is 2.67. The van der Waals surface area contributed by atoms with Crippen molar-refractivity contribution in [2.75, 3.05) is 0 Å². The molecule has 2 bridgehead atoms. The van der Waals surface area contributed by atoms with Gasteiger partial charge in [-0.05, 0) is 27.7 Å². The number of fused-ring (bicyclic) bond motifs is 2. The third-order valence-electron chi connectivity index (χ3n) is 4.37. The number of nitrogens with zero attached hydrogens (tertiary/aromatic N) is 1. The highest BCUT2D eigenvalue weighted by Crippen LogP contribution is 2.63. The zero-order valence-corrected chi connectivity index (χ0v) is 10.9. The summed E-state index contributed by atoms with van der Waals surface area (Å²) in [5, 5.41) is 9.21. The number of nitriles is 1. The third kappa shape index (κ3) is 0.893. The molecule has 0 aromatic carbocycles. The van der Waals surface area contributed by atoms with E-state index in [1.807, 2.05) is 27.7 Å². The van der Waals surface area contributed by atoms with E-state index in [2.05, 4.69) is 6.07 Å². The van der Waals surface area contributed by atoms with Gasteiger partial charge in [0.05, 0.1) is 15.6 Å². The molecule has 82 valence electrons. The van der Waals surface area contributed by atoms with Gasteiger partial charge in [-0.15, -0.1) is 11.6 Å². The second-order valence-corrected chi connectivity index (χ2v) is 7.77. The molecule has 1 fully saturated rings. The first kappa shape index (κ1) is 11.2. The predicted octanol–water partition coefficient (Wildman–Crippen LogP) is 2.51. The second-order valence-electron chi connectivity index (χ2n) is 4.87. The lowest BCUT2D eigenvalue weighted by molar-refractivity contribution is 0.503. The minimum Gasteiger partial charge on any atom is -0.258 e. The van der Waals surface area contributed by atoms with Crippen LogP contribution in [0.5, 0.6) is 0 Å². The van der Waals surface area contributed by atoms with Crippen LogP contribution in [-0.4, -0.2) is 18.6 Å². The van der Waals surface area contributed by atoms with Crippen molar-refractivity contribution in [3.8, 4) is 6.07 Å². The van der Waals surface area contributed by atoms with Crippen molar-refractivity contribution in [3.63, 3.8) is 0 Å². The van der Waals surface area contributed by atoms with Gasteiger partial charge in [-0.2, -0.15) is 5.26 Å². The van der Waals surface area contributed by atoms with Crippen LogP contribution < -0.4 is 0 Å². The quantitative estimate of drug-likeness (QED) is 0.485. The van der Waals surface area contributed by atoms with E-state index in [4.69, 9.17) is 11.6 Å². The van der Waals surface area contributed by atoms with Crippen molar-refractivity contribution < 1.29 is 4.21 Å². The molecule has 0 amide bonds. The Kier molecular flexibility index (Phi) is 1.99. The molecule has 0 N–H and O–H groups in total. The molecule has 2 nitrogen and oxygen atoms in total. The van der Waals surface area contributed by atoms with Gasteiger partial charge in [0, 0.05) is 17.2 Å². The summed E-state index contributed by atoms with van der Waals surface area (Å²) >= 11 is 6.35. The first-order valence-electron chi connectivity index (χ1n) is 4.94. The standard InChI is InChI=1S/C11H14ClNOS/c1-7-8(2)10(4)11(12,6-13)5-9(7,3)15(10)14/h5H2,1-4H3. The number of hydrogen-bond donors (Lipinski definition) is 0. The van der Waals surface area contributed by atoms with Gasteiger partial charge in [0.1, 0.15) is 0 Å². The summed E-state index contributed by atoms with van der Waals surface area (Å²) in [5.74, 6) is 0. The van der Waals surface area contributed by atoms with Crippen LogP contribution in [0.3, 0.4) is 0 Å². The smallest absolute Gasteiger partial charge is 0.153 e. The normalized spacial score (nSPS) is 53.5. The number of halogens is 1. The fraction of sp³-hybridized carbons (Fsp3) is 0.727. The Morgan fingerprint density at radius 2 is 1.93 bits per heavy atom. The van der Waals surface area contributed by atoms with E-state index in [0.717, 1.165) is 11.1 Å². The van der Waals surface area contributed by atoms with Gasteiger partial charge in [-0.3, -0.25) is 4.21 Å². The van der Waals surface area contributed by atoms with Crippen LogP contribution in [0.2, 0.25) is 0 Å². The molecule has 2 aliphatic rings. The average molecular weight is 244 g/mol. The first-order chi connectivity index (χ1) is 6.74. The molecular weight excluding hydrogens is 230 g/mol. The largest absolute Gasteiger partial charge is 0.258 e. The molecule has 0 radical (unpaired) electrons. The topological polar surface area (TPSA) is 40.9 Å². The summed E-state index contributed by atoms with van der Waals surface area (Å²) < 4.78 is 11.4. The average Bonchev–Trinajstić information content (AvgIpc) is 2.43. The maximum absolute atomic E-state index is 12.4. The molecule has 4 unspecified atom stereocenters. The van der Waals surface area contributed by atoms with Gasteiger partial charge < -0.3 is 0 Å². The van der Waals surface area contributed by atoms with Crippen molar-refractivity contribution in [1.29, 1.82) is 5.26 Å². The molecule has 1 saturated heterocycles. The number of alkyl halides is 1. The molecule has 4 atom stereocenters. The van der Waals surface area contributed by atoms with Crippen molar-refractivity contribution in [1.82, 2.24) is 0 Å². The molecule has 2 aliphatic heterocycles. The molecule has 4 heteroatoms. The maximum atomic E-state index is 12.4. The SMILES string of the molecule is CC1=C(C)C2(C)S(=O)C1(C)CC2(Cl)C#N. The van der Waals surface area contributed by atoms with Gasteiger partial charge in [-0.1, -0.05) is 11.1 Å². The molecule has 0 aromatic heterocycles. The van der Waals surface area contributed by atoms with E-state index in [-0.39, 0.29) is 0 Å². The summed E-state index contributed by atoms with van der Waals surface area (Å²) in [7, 11) is -1.09. The van der Waals surface area contributed by atoms with Crippen LogP contribution in [0.25, 0.3) is 0 Å². The maximum Gasteiger partial charge on any atom is 0.153 e. The van der Waals surface area contributed by atoms with Crippen LogP contribution in [0.4, 0.5) is 0 Å². The van der Waals surface area contributed by atoms with Crippen LogP contribution in [0.15, 0.2) is 11.1 Å². The lowest BCUT2D eigenvalue weighted by Gasteiger charge is -2.34. The van der Waals surface area contributed by atoms with Crippen LogP contribution in [0.1, 0.15) is 34.1 Å². The van der Waals surface area contributed by atoms with Gasteiger partial charge in [-0.25, -0.2) is 0 Å². The number of rotatable bonds is 0. The molecular formula is C11H14ClNOS. The minimum atomic E-state index is -1.09. The van der Waals surface area contributed by atoms with E-state index >= 15 is 0 Å².